The topological polar surface area (TPSA) is 92.4 Å². The van der Waals surface area contributed by atoms with E-state index in [-0.39, 0.29) is 28.9 Å². The van der Waals surface area contributed by atoms with Gasteiger partial charge in [-0.05, 0) is 11.6 Å². The molecular weight excluding hydrogens is 390 g/mol. The van der Waals surface area contributed by atoms with Crippen LogP contribution in [-0.4, -0.2) is 41.6 Å². The number of carbonyl (C=O) groups is 2. The van der Waals surface area contributed by atoms with Crippen molar-refractivity contribution in [3.05, 3.63) is 63.7 Å². The van der Waals surface area contributed by atoms with Gasteiger partial charge in [-0.2, -0.15) is 0 Å². The lowest BCUT2D eigenvalue weighted by atomic mass is 9.83. The number of benzene rings is 1. The summed E-state index contributed by atoms with van der Waals surface area (Å²) in [7, 11) is 3.23. The lowest BCUT2D eigenvalue weighted by Crippen LogP contribution is -2.24. The maximum atomic E-state index is 12.6. The Morgan fingerprint density at radius 3 is 2.72 bits per heavy atom. The molecule has 2 aromatic rings. The second-order valence-corrected chi connectivity index (χ2v) is 8.24. The zero-order valence-corrected chi connectivity index (χ0v) is 17.6. The maximum absolute atomic E-state index is 12.6. The minimum absolute atomic E-state index is 0.0845. The van der Waals surface area contributed by atoms with Gasteiger partial charge < -0.3 is 14.6 Å². The number of likely N-dealkylation sites (N-methyl/N-ethyl adjacent to an activating group) is 1. The Labute approximate surface area is 173 Å². The molecule has 0 spiro atoms. The predicted octanol–water partition coefficient (Wildman–Crippen LogP) is 2.46. The van der Waals surface area contributed by atoms with Gasteiger partial charge in [-0.1, -0.05) is 43.8 Å². The standard InChI is InChI=1S/C21H23N3O4S/c1-21(2)15-7-5-6-8-16(15)24(3)17(21)11-14(25)12-29-20-22-13(9-18(26)23-20)10-19(27)28-4/h5-9,11H,10,12H2,1-4H3,(H,22,23,26). The van der Waals surface area contributed by atoms with E-state index < -0.39 is 5.97 Å². The average molecular weight is 413 g/mol. The molecule has 152 valence electrons. The third-order valence-electron chi connectivity index (χ3n) is 4.92. The van der Waals surface area contributed by atoms with Gasteiger partial charge in [0.2, 0.25) is 0 Å². The second-order valence-electron chi connectivity index (χ2n) is 7.28. The van der Waals surface area contributed by atoms with E-state index >= 15 is 0 Å². The van der Waals surface area contributed by atoms with Gasteiger partial charge in [0.1, 0.15) is 0 Å². The molecule has 0 amide bonds. The van der Waals surface area contributed by atoms with Gasteiger partial charge in [0.15, 0.2) is 10.9 Å². The highest BCUT2D eigenvalue weighted by Crippen LogP contribution is 2.46. The van der Waals surface area contributed by atoms with Crippen LogP contribution in [0, 0.1) is 0 Å². The van der Waals surface area contributed by atoms with E-state index in [4.69, 9.17) is 0 Å². The fourth-order valence-corrected chi connectivity index (χ4v) is 4.17. The van der Waals surface area contributed by atoms with Crippen molar-refractivity contribution in [1.82, 2.24) is 9.97 Å². The number of anilines is 1. The van der Waals surface area contributed by atoms with Crippen LogP contribution in [0.15, 0.2) is 52.1 Å². The molecule has 0 saturated carbocycles. The number of aromatic nitrogens is 2. The molecule has 1 aliphatic heterocycles. The molecule has 29 heavy (non-hydrogen) atoms. The summed E-state index contributed by atoms with van der Waals surface area (Å²) in [5.74, 6) is -0.446. The van der Waals surface area contributed by atoms with Gasteiger partial charge in [-0.3, -0.25) is 14.4 Å². The van der Waals surface area contributed by atoms with Crippen LogP contribution >= 0.6 is 11.8 Å². The van der Waals surface area contributed by atoms with E-state index in [0.717, 1.165) is 23.1 Å². The van der Waals surface area contributed by atoms with Crippen molar-refractivity contribution >= 4 is 29.2 Å². The molecule has 1 N–H and O–H groups in total. The van der Waals surface area contributed by atoms with Crippen molar-refractivity contribution in [2.75, 3.05) is 24.8 Å². The van der Waals surface area contributed by atoms with E-state index in [1.807, 2.05) is 30.1 Å². The Hall–Kier alpha value is -2.87. The number of allylic oxidation sites excluding steroid dienone is 2. The van der Waals surface area contributed by atoms with Crippen molar-refractivity contribution in [3.63, 3.8) is 0 Å². The maximum Gasteiger partial charge on any atom is 0.311 e. The summed E-state index contributed by atoms with van der Waals surface area (Å²) >= 11 is 1.13. The molecule has 1 aromatic heterocycles. The van der Waals surface area contributed by atoms with E-state index in [1.54, 1.807) is 6.08 Å². The number of thioether (sulfide) groups is 1. The number of esters is 1. The Morgan fingerprint density at radius 1 is 1.31 bits per heavy atom. The highest BCUT2D eigenvalue weighted by atomic mass is 32.2. The molecule has 1 aliphatic rings. The molecule has 0 radical (unpaired) electrons. The first-order valence-electron chi connectivity index (χ1n) is 9.10. The summed E-state index contributed by atoms with van der Waals surface area (Å²) in [5, 5.41) is 0.297. The van der Waals surface area contributed by atoms with Crippen molar-refractivity contribution in [3.8, 4) is 0 Å². The smallest absolute Gasteiger partial charge is 0.311 e. The lowest BCUT2D eigenvalue weighted by molar-refractivity contribution is -0.139. The van der Waals surface area contributed by atoms with Gasteiger partial charge >= 0.3 is 5.97 Å². The summed E-state index contributed by atoms with van der Waals surface area (Å²) in [4.78, 5) is 44.7. The van der Waals surface area contributed by atoms with Crippen LogP contribution in [0.5, 0.6) is 0 Å². The molecule has 0 atom stereocenters. The molecule has 3 rings (SSSR count). The number of methoxy groups -OCH3 is 1. The normalized spacial score (nSPS) is 16.0. The van der Waals surface area contributed by atoms with Crippen LogP contribution in [-0.2, 0) is 26.2 Å². The average Bonchev–Trinajstić information content (AvgIpc) is 2.87. The first-order chi connectivity index (χ1) is 13.7. The monoisotopic (exact) mass is 413 g/mol. The molecule has 0 bridgehead atoms. The molecule has 0 aliphatic carbocycles. The molecule has 0 saturated heterocycles. The summed E-state index contributed by atoms with van der Waals surface area (Å²) in [6.45, 7) is 4.19. The summed E-state index contributed by atoms with van der Waals surface area (Å²) in [5.41, 5.74) is 2.84. The molecule has 7 nitrogen and oxygen atoms in total. The number of carbonyl (C=O) groups excluding carboxylic acids is 2. The number of nitrogens with zero attached hydrogens (tertiary/aromatic N) is 2. The van der Waals surface area contributed by atoms with E-state index in [2.05, 4.69) is 34.6 Å². The van der Waals surface area contributed by atoms with Crippen LogP contribution in [0.4, 0.5) is 5.69 Å². The highest BCUT2D eigenvalue weighted by molar-refractivity contribution is 7.99. The number of hydrogen-bond acceptors (Lipinski definition) is 7. The number of hydrogen-bond donors (Lipinski definition) is 1. The van der Waals surface area contributed by atoms with E-state index in [9.17, 15) is 14.4 Å². The summed E-state index contributed by atoms with van der Waals surface area (Å²) in [6, 6.07) is 9.34. The minimum Gasteiger partial charge on any atom is -0.469 e. The Balaban J connectivity index is 1.74. The zero-order valence-electron chi connectivity index (χ0n) is 16.8. The predicted molar refractivity (Wildman–Crippen MR) is 112 cm³/mol. The van der Waals surface area contributed by atoms with Crippen molar-refractivity contribution < 1.29 is 14.3 Å². The van der Waals surface area contributed by atoms with Crippen LogP contribution in [0.25, 0.3) is 0 Å². The second kappa shape index (κ2) is 8.24. The molecule has 1 aromatic carbocycles. The number of rotatable bonds is 6. The Morgan fingerprint density at radius 2 is 2.03 bits per heavy atom. The lowest BCUT2D eigenvalue weighted by Gasteiger charge is -2.23. The fraction of sp³-hybridized carbons (Fsp3) is 0.333. The van der Waals surface area contributed by atoms with Crippen LogP contribution in [0.3, 0.4) is 0 Å². The largest absolute Gasteiger partial charge is 0.469 e. The number of H-pyrrole nitrogens is 1. The number of fused-ring (bicyclic) bond motifs is 1. The van der Waals surface area contributed by atoms with Gasteiger partial charge in [-0.15, -0.1) is 0 Å². The summed E-state index contributed by atoms with van der Waals surface area (Å²) < 4.78 is 4.60. The van der Waals surface area contributed by atoms with Gasteiger partial charge in [0.05, 0.1) is 25.0 Å². The van der Waals surface area contributed by atoms with Crippen molar-refractivity contribution in [2.45, 2.75) is 30.8 Å². The number of nitrogens with one attached hydrogen (secondary N) is 1. The first-order valence-corrected chi connectivity index (χ1v) is 10.1. The van der Waals surface area contributed by atoms with Crippen LogP contribution in [0.2, 0.25) is 0 Å². The van der Waals surface area contributed by atoms with Gasteiger partial charge in [0.25, 0.3) is 5.56 Å². The Bertz CT molecular complexity index is 1040. The van der Waals surface area contributed by atoms with E-state index in [1.165, 1.54) is 18.7 Å². The minimum atomic E-state index is -0.481. The van der Waals surface area contributed by atoms with Crippen molar-refractivity contribution in [2.24, 2.45) is 0 Å². The Kier molecular flexibility index (Phi) is 5.93. The van der Waals surface area contributed by atoms with E-state index in [0.29, 0.717) is 10.9 Å². The molecule has 8 heteroatoms. The summed E-state index contributed by atoms with van der Waals surface area (Å²) in [6.07, 6.45) is 1.56. The number of ether oxygens (including phenoxy) is 1. The van der Waals surface area contributed by atoms with Crippen molar-refractivity contribution in [1.29, 1.82) is 0 Å². The highest BCUT2D eigenvalue weighted by Gasteiger charge is 2.38. The number of ketones is 1. The first kappa shape index (κ1) is 20.9. The van der Waals surface area contributed by atoms with Crippen LogP contribution in [0.1, 0.15) is 25.1 Å². The van der Waals surface area contributed by atoms with Gasteiger partial charge in [-0.25, -0.2) is 4.98 Å². The zero-order chi connectivity index (χ0) is 21.2. The number of aromatic amines is 1. The molecule has 2 heterocycles. The quantitative estimate of drug-likeness (QED) is 0.337. The molecular formula is C21H23N3O4S. The third-order valence-corrected chi connectivity index (χ3v) is 5.81. The van der Waals surface area contributed by atoms with Crippen LogP contribution < -0.4 is 10.5 Å². The number of para-hydroxylation sites is 1. The molecule has 0 unspecified atom stereocenters. The fourth-order valence-electron chi connectivity index (χ4n) is 3.45. The SMILES string of the molecule is COC(=O)Cc1cc(=O)[nH]c(SCC(=O)C=C2N(C)c3ccccc3C2(C)C)n1. The molecule has 0 fully saturated rings. The van der Waals surface area contributed by atoms with Gasteiger partial charge in [0, 0.05) is 36.0 Å². The third kappa shape index (κ3) is 4.42.